The van der Waals surface area contributed by atoms with Crippen LogP contribution in [0.25, 0.3) is 0 Å². The number of hydrogen-bond donors (Lipinski definition) is 2. The largest absolute Gasteiger partial charge is 0.476 e. The lowest BCUT2D eigenvalue weighted by Crippen LogP contribution is -2.55. The van der Waals surface area contributed by atoms with Gasteiger partial charge in [-0.1, -0.05) is 37.0 Å². The Morgan fingerprint density at radius 3 is 2.46 bits per heavy atom. The Kier molecular flexibility index (Phi) is 5.67. The number of anilines is 3. The number of rotatable bonds is 4. The zero-order chi connectivity index (χ0) is 20.6. The van der Waals surface area contributed by atoms with Gasteiger partial charge in [0, 0.05) is 15.7 Å². The number of carbonyl (C=O) groups is 2. The first-order chi connectivity index (χ1) is 13.2. The summed E-state index contributed by atoms with van der Waals surface area (Å²) in [6.45, 7) is 5.35. The summed E-state index contributed by atoms with van der Waals surface area (Å²) in [5, 5.41) is 3.50. The molecule has 2 amide bonds. The predicted molar refractivity (Wildman–Crippen MR) is 110 cm³/mol. The first-order valence-electron chi connectivity index (χ1n) is 8.70. The lowest BCUT2D eigenvalue weighted by Gasteiger charge is -2.37. The molecular formula is C19H20Cl2N4O3. The Morgan fingerprint density at radius 2 is 1.86 bits per heavy atom. The highest BCUT2D eigenvalue weighted by Crippen LogP contribution is 2.36. The SMILES string of the molecule is CC(C)C1Oc2ccc(N)nc2N(C(C)C(=O)Nc2cc(Cl)cc(Cl)c2)C1=O. The number of halogens is 2. The molecule has 1 aliphatic heterocycles. The number of nitrogens with one attached hydrogen (secondary N) is 1. The highest BCUT2D eigenvalue weighted by molar-refractivity contribution is 6.35. The molecule has 1 aromatic heterocycles. The lowest BCUT2D eigenvalue weighted by molar-refractivity contribution is -0.130. The third kappa shape index (κ3) is 4.00. The van der Waals surface area contributed by atoms with Gasteiger partial charge in [-0.05, 0) is 43.2 Å². The Balaban J connectivity index is 1.94. The van der Waals surface area contributed by atoms with Crippen molar-refractivity contribution in [1.29, 1.82) is 0 Å². The molecule has 0 saturated carbocycles. The van der Waals surface area contributed by atoms with Crippen molar-refractivity contribution in [3.63, 3.8) is 0 Å². The van der Waals surface area contributed by atoms with E-state index < -0.39 is 18.1 Å². The number of nitrogens with zero attached hydrogens (tertiary/aromatic N) is 2. The van der Waals surface area contributed by atoms with Crippen LogP contribution < -0.4 is 20.7 Å². The summed E-state index contributed by atoms with van der Waals surface area (Å²) >= 11 is 12.0. The van der Waals surface area contributed by atoms with Crippen molar-refractivity contribution >= 4 is 52.3 Å². The van der Waals surface area contributed by atoms with Crippen molar-refractivity contribution < 1.29 is 14.3 Å². The van der Waals surface area contributed by atoms with Gasteiger partial charge in [0.2, 0.25) is 5.91 Å². The molecule has 0 radical (unpaired) electrons. The van der Waals surface area contributed by atoms with Gasteiger partial charge in [0.15, 0.2) is 17.7 Å². The average Bonchev–Trinajstić information content (AvgIpc) is 2.59. The van der Waals surface area contributed by atoms with Crippen molar-refractivity contribution in [2.24, 2.45) is 5.92 Å². The second-order valence-electron chi connectivity index (χ2n) is 6.87. The fourth-order valence-electron chi connectivity index (χ4n) is 2.93. The van der Waals surface area contributed by atoms with Crippen LogP contribution in [0.5, 0.6) is 5.75 Å². The number of carbonyl (C=O) groups excluding carboxylic acids is 2. The number of nitrogen functional groups attached to an aromatic ring is 1. The normalized spacial score (nSPS) is 17.1. The van der Waals surface area contributed by atoms with Gasteiger partial charge >= 0.3 is 0 Å². The van der Waals surface area contributed by atoms with E-state index in [0.717, 1.165) is 0 Å². The molecule has 0 aliphatic carbocycles. The maximum absolute atomic E-state index is 13.0. The number of benzene rings is 1. The predicted octanol–water partition coefficient (Wildman–Crippen LogP) is 3.75. The summed E-state index contributed by atoms with van der Waals surface area (Å²) in [5.41, 5.74) is 6.21. The first kappa shape index (κ1) is 20.2. The number of amides is 2. The summed E-state index contributed by atoms with van der Waals surface area (Å²) in [5.74, 6) is -0.0367. The van der Waals surface area contributed by atoms with Crippen LogP contribution in [-0.4, -0.2) is 28.9 Å². The Bertz CT molecular complexity index is 915. The molecule has 148 valence electrons. The lowest BCUT2D eigenvalue weighted by atomic mass is 10.0. The molecule has 0 saturated heterocycles. The van der Waals surface area contributed by atoms with E-state index in [9.17, 15) is 9.59 Å². The monoisotopic (exact) mass is 422 g/mol. The van der Waals surface area contributed by atoms with Crippen molar-refractivity contribution in [3.8, 4) is 5.75 Å². The van der Waals surface area contributed by atoms with E-state index >= 15 is 0 Å². The fraction of sp³-hybridized carbons (Fsp3) is 0.316. The number of hydrogen-bond acceptors (Lipinski definition) is 5. The van der Waals surface area contributed by atoms with Crippen LogP contribution in [-0.2, 0) is 9.59 Å². The minimum atomic E-state index is -0.872. The van der Waals surface area contributed by atoms with Crippen LogP contribution >= 0.6 is 23.2 Å². The number of ether oxygens (including phenoxy) is 1. The molecule has 2 unspecified atom stereocenters. The van der Waals surface area contributed by atoms with Crippen LogP contribution in [0.3, 0.4) is 0 Å². The number of pyridine rings is 1. The zero-order valence-corrected chi connectivity index (χ0v) is 17.1. The molecule has 2 atom stereocenters. The van der Waals surface area contributed by atoms with E-state index in [2.05, 4.69) is 10.3 Å². The zero-order valence-electron chi connectivity index (χ0n) is 15.6. The minimum Gasteiger partial charge on any atom is -0.476 e. The van der Waals surface area contributed by atoms with Crippen LogP contribution in [0.4, 0.5) is 17.3 Å². The molecule has 2 aromatic rings. The summed E-state index contributed by atoms with van der Waals surface area (Å²) in [4.78, 5) is 31.4. The highest BCUT2D eigenvalue weighted by atomic mass is 35.5. The van der Waals surface area contributed by atoms with Gasteiger partial charge in [-0.15, -0.1) is 0 Å². The minimum absolute atomic E-state index is 0.0947. The molecule has 0 bridgehead atoms. The highest BCUT2D eigenvalue weighted by Gasteiger charge is 2.41. The summed E-state index contributed by atoms with van der Waals surface area (Å²) < 4.78 is 5.79. The van der Waals surface area contributed by atoms with Gasteiger partial charge in [-0.2, -0.15) is 0 Å². The number of aromatic nitrogens is 1. The Hall–Kier alpha value is -2.51. The average molecular weight is 423 g/mol. The van der Waals surface area contributed by atoms with Crippen molar-refractivity contribution in [1.82, 2.24) is 4.98 Å². The first-order valence-corrected chi connectivity index (χ1v) is 9.46. The van der Waals surface area contributed by atoms with Crippen LogP contribution in [0.1, 0.15) is 20.8 Å². The molecular weight excluding hydrogens is 403 g/mol. The van der Waals surface area contributed by atoms with Gasteiger partial charge < -0.3 is 15.8 Å². The van der Waals surface area contributed by atoms with Crippen LogP contribution in [0.2, 0.25) is 10.0 Å². The van der Waals surface area contributed by atoms with Gasteiger partial charge in [0.1, 0.15) is 11.9 Å². The molecule has 2 heterocycles. The number of fused-ring (bicyclic) bond motifs is 1. The smallest absolute Gasteiger partial charge is 0.270 e. The Labute approximate surface area is 172 Å². The Morgan fingerprint density at radius 1 is 1.21 bits per heavy atom. The summed E-state index contributed by atoms with van der Waals surface area (Å²) in [7, 11) is 0. The molecule has 1 aromatic carbocycles. The molecule has 3 rings (SSSR count). The van der Waals surface area contributed by atoms with E-state index in [0.29, 0.717) is 21.5 Å². The second kappa shape index (κ2) is 7.85. The van der Waals surface area contributed by atoms with Crippen LogP contribution in [0, 0.1) is 5.92 Å². The van der Waals surface area contributed by atoms with E-state index in [1.165, 1.54) is 4.90 Å². The molecule has 28 heavy (non-hydrogen) atoms. The molecule has 3 N–H and O–H groups in total. The topological polar surface area (TPSA) is 97.6 Å². The van der Waals surface area contributed by atoms with Gasteiger partial charge in [-0.25, -0.2) is 4.98 Å². The van der Waals surface area contributed by atoms with E-state index in [-0.39, 0.29) is 23.5 Å². The van der Waals surface area contributed by atoms with Crippen molar-refractivity contribution in [2.45, 2.75) is 32.9 Å². The molecule has 9 heteroatoms. The van der Waals surface area contributed by atoms with Gasteiger partial charge in [0.05, 0.1) is 0 Å². The van der Waals surface area contributed by atoms with E-state index in [1.54, 1.807) is 37.3 Å². The van der Waals surface area contributed by atoms with Crippen molar-refractivity contribution in [2.75, 3.05) is 16.0 Å². The molecule has 7 nitrogen and oxygen atoms in total. The maximum Gasteiger partial charge on any atom is 0.270 e. The molecule has 0 fully saturated rings. The third-order valence-electron chi connectivity index (χ3n) is 4.33. The fourth-order valence-corrected chi connectivity index (χ4v) is 3.46. The van der Waals surface area contributed by atoms with Gasteiger partial charge in [-0.3, -0.25) is 14.5 Å². The third-order valence-corrected chi connectivity index (χ3v) is 4.76. The van der Waals surface area contributed by atoms with E-state index in [4.69, 9.17) is 33.7 Å². The summed E-state index contributed by atoms with van der Waals surface area (Å²) in [6.07, 6.45) is -0.728. The number of nitrogens with two attached hydrogens (primary N) is 1. The van der Waals surface area contributed by atoms with Gasteiger partial charge in [0.25, 0.3) is 5.91 Å². The second-order valence-corrected chi connectivity index (χ2v) is 7.74. The van der Waals surface area contributed by atoms with E-state index in [1.807, 2.05) is 13.8 Å². The maximum atomic E-state index is 13.0. The van der Waals surface area contributed by atoms with Crippen molar-refractivity contribution in [3.05, 3.63) is 40.4 Å². The molecule has 0 spiro atoms. The quantitative estimate of drug-likeness (QED) is 0.781. The summed E-state index contributed by atoms with van der Waals surface area (Å²) in [6, 6.07) is 7.06. The van der Waals surface area contributed by atoms with Crippen LogP contribution in [0.15, 0.2) is 30.3 Å². The standard InChI is InChI=1S/C19H20Cl2N4O3/c1-9(2)16-19(27)25(17-14(28-16)4-5-15(22)24-17)10(3)18(26)23-13-7-11(20)6-12(21)8-13/h4-10,16H,1-3H3,(H2,22,24)(H,23,26). The molecule has 1 aliphatic rings.